The summed E-state index contributed by atoms with van der Waals surface area (Å²) in [5.74, 6) is 0.677. The van der Waals surface area contributed by atoms with E-state index in [1.807, 2.05) is 0 Å². The van der Waals surface area contributed by atoms with Crippen LogP contribution in [0.1, 0.15) is 11.4 Å². The van der Waals surface area contributed by atoms with Gasteiger partial charge in [0.2, 0.25) is 0 Å². The van der Waals surface area contributed by atoms with E-state index in [-0.39, 0.29) is 18.1 Å². The first-order chi connectivity index (χ1) is 9.55. The molecule has 0 bridgehead atoms. The summed E-state index contributed by atoms with van der Waals surface area (Å²) in [5, 5.41) is 3.41. The van der Waals surface area contributed by atoms with Gasteiger partial charge < -0.3 is 10.1 Å². The standard InChI is InChI=1S/C13H15ClN4O2/c1-8-6-12(19)18(13(16-8)20-3)7-10-9(14)4-5-11(15-2)17-10/h4-6H,7H2,1-3H3,(H,15,17). The van der Waals surface area contributed by atoms with Gasteiger partial charge in [-0.05, 0) is 19.1 Å². The van der Waals surface area contributed by atoms with Gasteiger partial charge in [-0.1, -0.05) is 11.6 Å². The molecule has 0 fully saturated rings. The maximum Gasteiger partial charge on any atom is 0.299 e. The molecule has 2 aromatic heterocycles. The third kappa shape index (κ3) is 2.91. The highest BCUT2D eigenvalue weighted by Crippen LogP contribution is 2.18. The molecule has 7 heteroatoms. The maximum absolute atomic E-state index is 12.0. The van der Waals surface area contributed by atoms with Gasteiger partial charge in [0.15, 0.2) is 0 Å². The van der Waals surface area contributed by atoms with Crippen LogP contribution in [0, 0.1) is 6.92 Å². The highest BCUT2D eigenvalue weighted by Gasteiger charge is 2.11. The Hall–Kier alpha value is -2.08. The van der Waals surface area contributed by atoms with Crippen LogP contribution in [0.4, 0.5) is 5.82 Å². The molecule has 2 aromatic rings. The van der Waals surface area contributed by atoms with Gasteiger partial charge >= 0.3 is 0 Å². The minimum Gasteiger partial charge on any atom is -0.468 e. The second-order valence-electron chi connectivity index (χ2n) is 4.18. The Kier molecular flexibility index (Phi) is 4.24. The SMILES string of the molecule is CNc1ccc(Cl)c(Cn2c(OC)nc(C)cc2=O)n1. The number of nitrogens with zero attached hydrogens (tertiary/aromatic N) is 3. The second-order valence-corrected chi connectivity index (χ2v) is 4.59. The fourth-order valence-corrected chi connectivity index (χ4v) is 1.95. The Morgan fingerprint density at radius 2 is 2.15 bits per heavy atom. The van der Waals surface area contributed by atoms with E-state index in [1.165, 1.54) is 17.7 Å². The van der Waals surface area contributed by atoms with Gasteiger partial charge in [-0.3, -0.25) is 9.36 Å². The summed E-state index contributed by atoms with van der Waals surface area (Å²) in [6, 6.07) is 5.18. The predicted octanol–water partition coefficient (Wildman–Crippen LogP) is 1.70. The molecule has 0 atom stereocenters. The van der Waals surface area contributed by atoms with Crippen LogP contribution in [0.15, 0.2) is 23.0 Å². The number of halogens is 1. The van der Waals surface area contributed by atoms with Crippen molar-refractivity contribution in [2.75, 3.05) is 19.5 Å². The van der Waals surface area contributed by atoms with Crippen molar-refractivity contribution in [3.05, 3.63) is 45.0 Å². The number of hydrogen-bond acceptors (Lipinski definition) is 5. The van der Waals surface area contributed by atoms with Crippen LogP contribution in [-0.4, -0.2) is 28.7 Å². The van der Waals surface area contributed by atoms with Gasteiger partial charge in [0.25, 0.3) is 11.6 Å². The fourth-order valence-electron chi connectivity index (χ4n) is 1.78. The van der Waals surface area contributed by atoms with Crippen molar-refractivity contribution >= 4 is 17.4 Å². The number of nitrogens with one attached hydrogen (secondary N) is 1. The average Bonchev–Trinajstić information content (AvgIpc) is 2.43. The normalized spacial score (nSPS) is 10.4. The Morgan fingerprint density at radius 3 is 2.80 bits per heavy atom. The molecule has 0 radical (unpaired) electrons. The molecule has 20 heavy (non-hydrogen) atoms. The summed E-state index contributed by atoms with van der Waals surface area (Å²) in [7, 11) is 3.23. The Balaban J connectivity index is 2.47. The monoisotopic (exact) mass is 294 g/mol. The van der Waals surface area contributed by atoms with Crippen molar-refractivity contribution in [1.29, 1.82) is 0 Å². The lowest BCUT2D eigenvalue weighted by Crippen LogP contribution is -2.24. The van der Waals surface area contributed by atoms with Gasteiger partial charge in [0, 0.05) is 18.8 Å². The van der Waals surface area contributed by atoms with E-state index in [2.05, 4.69) is 15.3 Å². The lowest BCUT2D eigenvalue weighted by molar-refractivity contribution is 0.349. The molecule has 0 unspecified atom stereocenters. The number of anilines is 1. The summed E-state index contributed by atoms with van der Waals surface area (Å²) in [4.78, 5) is 20.6. The molecule has 0 saturated carbocycles. The zero-order valence-electron chi connectivity index (χ0n) is 11.5. The molecule has 1 N–H and O–H groups in total. The van der Waals surface area contributed by atoms with E-state index in [4.69, 9.17) is 16.3 Å². The number of pyridine rings is 1. The van der Waals surface area contributed by atoms with E-state index in [0.29, 0.717) is 22.2 Å². The molecular formula is C13H15ClN4O2. The first-order valence-electron chi connectivity index (χ1n) is 6.00. The molecular weight excluding hydrogens is 280 g/mol. The minimum absolute atomic E-state index is 0.198. The topological polar surface area (TPSA) is 69.0 Å². The molecule has 0 spiro atoms. The van der Waals surface area contributed by atoms with E-state index in [9.17, 15) is 4.79 Å². The zero-order valence-corrected chi connectivity index (χ0v) is 12.2. The molecule has 2 rings (SSSR count). The Labute approximate surface area is 121 Å². The largest absolute Gasteiger partial charge is 0.468 e. The molecule has 0 aliphatic carbocycles. The second kappa shape index (κ2) is 5.92. The van der Waals surface area contributed by atoms with Crippen LogP contribution in [0.25, 0.3) is 0 Å². The first-order valence-corrected chi connectivity index (χ1v) is 6.38. The number of aryl methyl sites for hydroxylation is 1. The van der Waals surface area contributed by atoms with Crippen LogP contribution in [0.2, 0.25) is 5.02 Å². The summed E-state index contributed by atoms with van der Waals surface area (Å²) >= 11 is 6.12. The summed E-state index contributed by atoms with van der Waals surface area (Å²) in [6.07, 6.45) is 0. The minimum atomic E-state index is -0.206. The molecule has 106 valence electrons. The molecule has 0 aliphatic rings. The van der Waals surface area contributed by atoms with Crippen LogP contribution in [0.5, 0.6) is 6.01 Å². The fraction of sp³-hybridized carbons (Fsp3) is 0.308. The van der Waals surface area contributed by atoms with Crippen molar-refractivity contribution in [3.63, 3.8) is 0 Å². The van der Waals surface area contributed by atoms with Crippen molar-refractivity contribution in [3.8, 4) is 6.01 Å². The maximum atomic E-state index is 12.0. The predicted molar refractivity (Wildman–Crippen MR) is 77.7 cm³/mol. The lowest BCUT2D eigenvalue weighted by atomic mass is 10.3. The van der Waals surface area contributed by atoms with E-state index >= 15 is 0 Å². The van der Waals surface area contributed by atoms with E-state index < -0.39 is 0 Å². The highest BCUT2D eigenvalue weighted by molar-refractivity contribution is 6.31. The smallest absolute Gasteiger partial charge is 0.299 e. The Morgan fingerprint density at radius 1 is 1.40 bits per heavy atom. The summed E-state index contributed by atoms with van der Waals surface area (Å²) in [6.45, 7) is 1.94. The first kappa shape index (κ1) is 14.3. The van der Waals surface area contributed by atoms with Gasteiger partial charge in [-0.25, -0.2) is 9.97 Å². The molecule has 6 nitrogen and oxygen atoms in total. The molecule has 0 amide bonds. The number of aromatic nitrogens is 3. The van der Waals surface area contributed by atoms with Crippen LogP contribution in [0.3, 0.4) is 0 Å². The van der Waals surface area contributed by atoms with Crippen molar-refractivity contribution in [2.45, 2.75) is 13.5 Å². The number of hydrogen-bond donors (Lipinski definition) is 1. The summed E-state index contributed by atoms with van der Waals surface area (Å²) < 4.78 is 6.53. The van der Waals surface area contributed by atoms with Crippen LogP contribution < -0.4 is 15.6 Å². The van der Waals surface area contributed by atoms with Gasteiger partial charge in [0.05, 0.1) is 24.4 Å². The lowest BCUT2D eigenvalue weighted by Gasteiger charge is -2.12. The Bertz CT molecular complexity index is 685. The number of methoxy groups -OCH3 is 1. The van der Waals surface area contributed by atoms with Crippen molar-refractivity contribution in [1.82, 2.24) is 14.5 Å². The van der Waals surface area contributed by atoms with Crippen molar-refractivity contribution < 1.29 is 4.74 Å². The molecule has 0 aromatic carbocycles. The number of rotatable bonds is 4. The number of ether oxygens (including phenoxy) is 1. The van der Waals surface area contributed by atoms with Crippen LogP contribution >= 0.6 is 11.6 Å². The highest BCUT2D eigenvalue weighted by atomic mass is 35.5. The molecule has 0 aliphatic heterocycles. The third-order valence-electron chi connectivity index (χ3n) is 2.77. The van der Waals surface area contributed by atoms with E-state index in [0.717, 1.165) is 0 Å². The van der Waals surface area contributed by atoms with Crippen molar-refractivity contribution in [2.24, 2.45) is 0 Å². The van der Waals surface area contributed by atoms with Gasteiger partial charge in [-0.15, -0.1) is 0 Å². The quantitative estimate of drug-likeness (QED) is 0.929. The average molecular weight is 295 g/mol. The van der Waals surface area contributed by atoms with Crippen LogP contribution in [-0.2, 0) is 6.54 Å². The third-order valence-corrected chi connectivity index (χ3v) is 3.11. The van der Waals surface area contributed by atoms with Gasteiger partial charge in [-0.2, -0.15) is 0 Å². The molecule has 2 heterocycles. The molecule has 0 saturated heterocycles. The van der Waals surface area contributed by atoms with E-state index in [1.54, 1.807) is 26.1 Å². The summed E-state index contributed by atoms with van der Waals surface area (Å²) in [5.41, 5.74) is 0.970. The van der Waals surface area contributed by atoms with Gasteiger partial charge in [0.1, 0.15) is 5.82 Å². The zero-order chi connectivity index (χ0) is 14.7.